The molecule has 2 N–H and O–H groups in total. The van der Waals surface area contributed by atoms with E-state index in [1.165, 1.54) is 0 Å². The third-order valence-corrected chi connectivity index (χ3v) is 2.60. The van der Waals surface area contributed by atoms with Gasteiger partial charge >= 0.3 is 5.97 Å². The van der Waals surface area contributed by atoms with Crippen LogP contribution in [0.1, 0.15) is 33.1 Å². The van der Waals surface area contributed by atoms with Crippen LogP contribution < -0.4 is 5.32 Å². The summed E-state index contributed by atoms with van der Waals surface area (Å²) in [5.74, 6) is -0.715. The van der Waals surface area contributed by atoms with Crippen molar-refractivity contribution in [1.82, 2.24) is 5.32 Å². The zero-order valence-corrected chi connectivity index (χ0v) is 7.76. The Morgan fingerprint density at radius 3 is 2.75 bits per heavy atom. The molecule has 0 saturated carbocycles. The van der Waals surface area contributed by atoms with Crippen molar-refractivity contribution in [2.75, 3.05) is 6.54 Å². The zero-order chi connectivity index (χ0) is 9.19. The summed E-state index contributed by atoms with van der Waals surface area (Å²) in [6, 6.07) is -0.327. The standard InChI is InChI=1S/C9H17NO2/c1-9(2)4-3-7(8(11)12)10-6-5-9/h7,10H,3-6H2,1-2H3,(H,11,12). The Hall–Kier alpha value is -0.570. The average Bonchev–Trinajstić information content (AvgIpc) is 2.10. The van der Waals surface area contributed by atoms with Gasteiger partial charge in [0.1, 0.15) is 6.04 Å². The number of aliphatic carboxylic acids is 1. The van der Waals surface area contributed by atoms with Crippen molar-refractivity contribution in [1.29, 1.82) is 0 Å². The van der Waals surface area contributed by atoms with E-state index < -0.39 is 5.97 Å². The van der Waals surface area contributed by atoms with Gasteiger partial charge in [0, 0.05) is 0 Å². The monoisotopic (exact) mass is 171 g/mol. The quantitative estimate of drug-likeness (QED) is 0.624. The van der Waals surface area contributed by atoms with E-state index in [2.05, 4.69) is 19.2 Å². The largest absolute Gasteiger partial charge is 0.480 e. The van der Waals surface area contributed by atoms with Crippen LogP contribution in [-0.2, 0) is 4.79 Å². The van der Waals surface area contributed by atoms with E-state index in [4.69, 9.17) is 5.11 Å². The molecule has 3 nitrogen and oxygen atoms in total. The number of carboxylic acids is 1. The minimum absolute atomic E-state index is 0.303. The molecular formula is C9H17NO2. The first-order valence-corrected chi connectivity index (χ1v) is 4.47. The first-order chi connectivity index (χ1) is 5.51. The molecule has 1 unspecified atom stereocenters. The van der Waals surface area contributed by atoms with Crippen LogP contribution in [-0.4, -0.2) is 23.7 Å². The minimum Gasteiger partial charge on any atom is -0.480 e. The molecule has 1 rings (SSSR count). The summed E-state index contributed by atoms with van der Waals surface area (Å²) in [5.41, 5.74) is 0.303. The van der Waals surface area contributed by atoms with Crippen LogP contribution in [0.5, 0.6) is 0 Å². The molecule has 1 aliphatic heterocycles. The van der Waals surface area contributed by atoms with Gasteiger partial charge in [-0.15, -0.1) is 0 Å². The first kappa shape index (κ1) is 9.52. The van der Waals surface area contributed by atoms with Gasteiger partial charge in [0.15, 0.2) is 0 Å². The van der Waals surface area contributed by atoms with Crippen LogP contribution in [0, 0.1) is 5.41 Å². The van der Waals surface area contributed by atoms with Crippen molar-refractivity contribution in [3.05, 3.63) is 0 Å². The highest BCUT2D eigenvalue weighted by Crippen LogP contribution is 2.28. The lowest BCUT2D eigenvalue weighted by atomic mass is 9.85. The maximum absolute atomic E-state index is 10.7. The number of hydrogen-bond acceptors (Lipinski definition) is 2. The van der Waals surface area contributed by atoms with Gasteiger partial charge in [-0.1, -0.05) is 13.8 Å². The van der Waals surface area contributed by atoms with Crippen molar-refractivity contribution in [2.24, 2.45) is 5.41 Å². The van der Waals surface area contributed by atoms with Crippen molar-refractivity contribution in [2.45, 2.75) is 39.2 Å². The molecule has 12 heavy (non-hydrogen) atoms. The fourth-order valence-corrected chi connectivity index (χ4v) is 1.56. The highest BCUT2D eigenvalue weighted by atomic mass is 16.4. The molecule has 0 bridgehead atoms. The lowest BCUT2D eigenvalue weighted by Crippen LogP contribution is -2.35. The topological polar surface area (TPSA) is 49.3 Å². The van der Waals surface area contributed by atoms with Crippen LogP contribution in [0.2, 0.25) is 0 Å². The zero-order valence-electron chi connectivity index (χ0n) is 7.76. The van der Waals surface area contributed by atoms with Crippen molar-refractivity contribution in [3.63, 3.8) is 0 Å². The predicted molar refractivity (Wildman–Crippen MR) is 47.1 cm³/mol. The number of rotatable bonds is 1. The second-order valence-corrected chi connectivity index (χ2v) is 4.30. The van der Waals surface area contributed by atoms with Crippen molar-refractivity contribution >= 4 is 5.97 Å². The number of hydrogen-bond donors (Lipinski definition) is 2. The second-order valence-electron chi connectivity index (χ2n) is 4.30. The van der Waals surface area contributed by atoms with E-state index in [0.717, 1.165) is 25.8 Å². The van der Waals surface area contributed by atoms with E-state index in [1.54, 1.807) is 0 Å². The molecule has 1 heterocycles. The van der Waals surface area contributed by atoms with Gasteiger partial charge in [-0.2, -0.15) is 0 Å². The van der Waals surface area contributed by atoms with Gasteiger partial charge in [0.2, 0.25) is 0 Å². The summed E-state index contributed by atoms with van der Waals surface area (Å²) in [4.78, 5) is 10.7. The summed E-state index contributed by atoms with van der Waals surface area (Å²) in [6.45, 7) is 5.21. The Morgan fingerprint density at radius 2 is 2.17 bits per heavy atom. The lowest BCUT2D eigenvalue weighted by Gasteiger charge is -2.20. The van der Waals surface area contributed by atoms with E-state index in [1.807, 2.05) is 0 Å². The van der Waals surface area contributed by atoms with Gasteiger partial charge in [-0.05, 0) is 31.2 Å². The van der Waals surface area contributed by atoms with Gasteiger partial charge in [-0.25, -0.2) is 0 Å². The minimum atomic E-state index is -0.715. The summed E-state index contributed by atoms with van der Waals surface area (Å²) in [5, 5.41) is 11.8. The molecule has 3 heteroatoms. The molecule has 0 aromatic rings. The Morgan fingerprint density at radius 1 is 1.50 bits per heavy atom. The van der Waals surface area contributed by atoms with Crippen molar-refractivity contribution < 1.29 is 9.90 Å². The van der Waals surface area contributed by atoms with Crippen LogP contribution >= 0.6 is 0 Å². The number of nitrogens with one attached hydrogen (secondary N) is 1. The average molecular weight is 171 g/mol. The van der Waals surface area contributed by atoms with Gasteiger partial charge in [-0.3, -0.25) is 4.79 Å². The highest BCUT2D eigenvalue weighted by molar-refractivity contribution is 5.73. The molecule has 1 atom stereocenters. The molecule has 0 radical (unpaired) electrons. The first-order valence-electron chi connectivity index (χ1n) is 4.47. The molecule has 0 amide bonds. The van der Waals surface area contributed by atoms with E-state index in [9.17, 15) is 4.79 Å². The summed E-state index contributed by atoms with van der Waals surface area (Å²) < 4.78 is 0. The van der Waals surface area contributed by atoms with E-state index in [0.29, 0.717) is 5.41 Å². The molecule has 1 aliphatic rings. The normalized spacial score (nSPS) is 29.3. The number of carboxylic acid groups (broad SMARTS) is 1. The third kappa shape index (κ3) is 2.48. The maximum Gasteiger partial charge on any atom is 0.320 e. The van der Waals surface area contributed by atoms with Gasteiger partial charge in [0.25, 0.3) is 0 Å². The summed E-state index contributed by atoms with van der Waals surface area (Å²) in [7, 11) is 0. The summed E-state index contributed by atoms with van der Waals surface area (Å²) in [6.07, 6.45) is 2.82. The smallest absolute Gasteiger partial charge is 0.320 e. The molecule has 70 valence electrons. The number of carbonyl (C=O) groups is 1. The Balaban J connectivity index is 2.50. The van der Waals surface area contributed by atoms with Gasteiger partial charge < -0.3 is 10.4 Å². The maximum atomic E-state index is 10.7. The molecule has 1 fully saturated rings. The van der Waals surface area contributed by atoms with Crippen molar-refractivity contribution in [3.8, 4) is 0 Å². The van der Waals surface area contributed by atoms with Crippen LogP contribution in [0.3, 0.4) is 0 Å². The SMILES string of the molecule is CC1(C)CCNC(C(=O)O)CC1. The lowest BCUT2D eigenvalue weighted by molar-refractivity contribution is -0.139. The highest BCUT2D eigenvalue weighted by Gasteiger charge is 2.26. The fourth-order valence-electron chi connectivity index (χ4n) is 1.56. The molecule has 0 spiro atoms. The van der Waals surface area contributed by atoms with E-state index >= 15 is 0 Å². The molecule has 0 aromatic carbocycles. The molecular weight excluding hydrogens is 154 g/mol. The molecule has 0 aromatic heterocycles. The summed E-state index contributed by atoms with van der Waals surface area (Å²) >= 11 is 0. The van der Waals surface area contributed by atoms with Crippen LogP contribution in [0.4, 0.5) is 0 Å². The van der Waals surface area contributed by atoms with Crippen LogP contribution in [0.15, 0.2) is 0 Å². The van der Waals surface area contributed by atoms with Crippen LogP contribution in [0.25, 0.3) is 0 Å². The molecule has 1 saturated heterocycles. The van der Waals surface area contributed by atoms with Gasteiger partial charge in [0.05, 0.1) is 0 Å². The Bertz CT molecular complexity index is 177. The fraction of sp³-hybridized carbons (Fsp3) is 0.889. The molecule has 0 aliphatic carbocycles. The third-order valence-electron chi connectivity index (χ3n) is 2.60. The Kier molecular flexibility index (Phi) is 2.73. The predicted octanol–water partition coefficient (Wildman–Crippen LogP) is 1.24. The Labute approximate surface area is 73.2 Å². The second kappa shape index (κ2) is 3.44. The van der Waals surface area contributed by atoms with E-state index in [-0.39, 0.29) is 6.04 Å².